The maximum Gasteiger partial charge on any atom is 0.434 e. The van der Waals surface area contributed by atoms with Crippen molar-refractivity contribution in [3.8, 4) is 11.4 Å². The lowest BCUT2D eigenvalue weighted by atomic mass is 9.86. The second-order valence-electron chi connectivity index (χ2n) is 7.79. The average molecular weight is 460 g/mol. The first kappa shape index (κ1) is 18.0. The Morgan fingerprint density at radius 3 is 2.61 bits per heavy atom. The fraction of sp³-hybridized carbons (Fsp3) is 0.348. The molecular formula is C23H19F4N5O. The molecule has 5 rings (SSSR count). The second-order valence-corrected chi connectivity index (χ2v) is 7.79. The summed E-state index contributed by atoms with van der Waals surface area (Å²) in [4.78, 5) is 30.2. The van der Waals surface area contributed by atoms with Crippen LogP contribution < -0.4 is 0 Å². The third-order valence-corrected chi connectivity index (χ3v) is 5.77. The Balaban J connectivity index is 1.50. The second kappa shape index (κ2) is 8.17. The Labute approximate surface area is 190 Å². The van der Waals surface area contributed by atoms with Crippen molar-refractivity contribution in [2.45, 2.75) is 43.9 Å². The summed E-state index contributed by atoms with van der Waals surface area (Å²) in [6.07, 6.45) is -2.42. The van der Waals surface area contributed by atoms with Crippen LogP contribution in [0.3, 0.4) is 0 Å². The third-order valence-electron chi connectivity index (χ3n) is 5.77. The smallest absolute Gasteiger partial charge is 0.332 e. The molecule has 0 N–H and O–H groups in total. The summed E-state index contributed by atoms with van der Waals surface area (Å²) in [5.74, 6) is -3.30. The van der Waals surface area contributed by atoms with Crippen LogP contribution in [0.15, 0.2) is 49.1 Å². The van der Waals surface area contributed by atoms with Crippen LogP contribution in [0.1, 0.15) is 45.1 Å². The summed E-state index contributed by atoms with van der Waals surface area (Å²) < 4.78 is 79.9. The van der Waals surface area contributed by atoms with Gasteiger partial charge in [0.15, 0.2) is 11.5 Å². The van der Waals surface area contributed by atoms with Crippen molar-refractivity contribution in [1.82, 2.24) is 24.8 Å². The molecule has 1 aromatic carbocycles. The maximum absolute atomic E-state index is 14.8. The van der Waals surface area contributed by atoms with Crippen LogP contribution >= 0.6 is 0 Å². The molecule has 2 aliphatic rings. The van der Waals surface area contributed by atoms with Crippen molar-refractivity contribution < 1.29 is 26.5 Å². The molecule has 4 heterocycles. The molecule has 2 saturated heterocycles. The molecule has 0 aliphatic carbocycles. The molecule has 6 nitrogen and oxygen atoms in total. The Morgan fingerprint density at radius 2 is 1.91 bits per heavy atom. The number of rotatable bonds is 4. The van der Waals surface area contributed by atoms with E-state index in [-0.39, 0.29) is 35.5 Å². The number of benzene rings is 1. The molecule has 2 aliphatic heterocycles. The normalized spacial score (nSPS) is 27.2. The van der Waals surface area contributed by atoms with E-state index in [1.54, 1.807) is 6.07 Å². The number of aromatic nitrogens is 4. The number of fused-ring (bicyclic) bond motifs is 2. The standard InChI is InChI=1S/C23H19F4N5O/c24-17-4-1-3-16(20(17)21-28-7-2-8-29-21)22(33)32-15-5-6-18(32)13(10-15)9-14-11-31-19(12-30-14)23(25,26)27/h1-4,7-8,11-13,15,18H,5-6,9-10H2/i10D2,13D. The summed E-state index contributed by atoms with van der Waals surface area (Å²) in [5.41, 5.74) is -1.38. The molecule has 2 fully saturated rings. The van der Waals surface area contributed by atoms with Gasteiger partial charge in [0.2, 0.25) is 0 Å². The van der Waals surface area contributed by atoms with Crippen LogP contribution in [0.5, 0.6) is 0 Å². The molecule has 33 heavy (non-hydrogen) atoms. The van der Waals surface area contributed by atoms with Crippen LogP contribution in [0.2, 0.25) is 0 Å². The summed E-state index contributed by atoms with van der Waals surface area (Å²) >= 11 is 0. The zero-order valence-electron chi connectivity index (χ0n) is 20.1. The Hall–Kier alpha value is -3.43. The lowest BCUT2D eigenvalue weighted by Gasteiger charge is -2.25. The fourth-order valence-electron chi connectivity index (χ4n) is 4.34. The van der Waals surface area contributed by atoms with Gasteiger partial charge in [0.25, 0.3) is 5.91 Å². The highest BCUT2D eigenvalue weighted by Gasteiger charge is 2.49. The van der Waals surface area contributed by atoms with Gasteiger partial charge in [-0.2, -0.15) is 13.2 Å². The molecule has 3 unspecified atom stereocenters. The van der Waals surface area contributed by atoms with Gasteiger partial charge < -0.3 is 4.90 Å². The molecule has 1 amide bonds. The Kier molecular flexibility index (Phi) is 4.47. The molecule has 3 atom stereocenters. The highest BCUT2D eigenvalue weighted by atomic mass is 19.4. The SMILES string of the molecule is [2H]C1([2H])C2CCC(N2C(=O)c2cccc(F)c2-c2ncccn2)C1([2H])Cc1cnc(C(F)(F)F)cn1. The molecule has 3 aromatic rings. The van der Waals surface area contributed by atoms with Gasteiger partial charge in [-0.15, -0.1) is 0 Å². The van der Waals surface area contributed by atoms with Crippen LogP contribution in [-0.2, 0) is 12.6 Å². The minimum atomic E-state index is -4.68. The van der Waals surface area contributed by atoms with E-state index >= 15 is 0 Å². The number of amides is 1. The zero-order valence-corrected chi connectivity index (χ0v) is 17.1. The quantitative estimate of drug-likeness (QED) is 0.542. The first-order valence-corrected chi connectivity index (χ1v) is 10.2. The summed E-state index contributed by atoms with van der Waals surface area (Å²) in [5, 5.41) is 0. The van der Waals surface area contributed by atoms with E-state index in [1.807, 2.05) is 0 Å². The molecule has 0 radical (unpaired) electrons. The molecular weight excluding hydrogens is 438 g/mol. The van der Waals surface area contributed by atoms with Crippen LogP contribution in [0.4, 0.5) is 17.6 Å². The first-order valence-electron chi connectivity index (χ1n) is 11.7. The van der Waals surface area contributed by atoms with Crippen LogP contribution in [-0.4, -0.2) is 42.8 Å². The number of hydrogen-bond donors (Lipinski definition) is 0. The van der Waals surface area contributed by atoms with Crippen molar-refractivity contribution in [2.24, 2.45) is 5.89 Å². The van der Waals surface area contributed by atoms with Crippen molar-refractivity contribution in [1.29, 1.82) is 0 Å². The number of nitrogens with zero attached hydrogens (tertiary/aromatic N) is 5. The summed E-state index contributed by atoms with van der Waals surface area (Å²) in [7, 11) is 0. The maximum atomic E-state index is 14.8. The first-order chi connectivity index (χ1) is 16.9. The lowest BCUT2D eigenvalue weighted by Crippen LogP contribution is -2.37. The van der Waals surface area contributed by atoms with Gasteiger partial charge in [0.05, 0.1) is 23.0 Å². The van der Waals surface area contributed by atoms with Crippen molar-refractivity contribution >= 4 is 5.91 Å². The van der Waals surface area contributed by atoms with Crippen molar-refractivity contribution in [3.05, 3.63) is 71.8 Å². The van der Waals surface area contributed by atoms with E-state index in [1.165, 1.54) is 35.5 Å². The monoisotopic (exact) mass is 460 g/mol. The van der Waals surface area contributed by atoms with E-state index in [9.17, 15) is 22.4 Å². The highest BCUT2D eigenvalue weighted by Crippen LogP contribution is 2.44. The van der Waals surface area contributed by atoms with E-state index in [0.717, 1.165) is 6.20 Å². The van der Waals surface area contributed by atoms with Crippen LogP contribution in [0.25, 0.3) is 11.4 Å². The number of carbonyl (C=O) groups excluding carboxylic acids is 1. The third kappa shape index (κ3) is 3.94. The fourth-order valence-corrected chi connectivity index (χ4v) is 4.34. The number of alkyl halides is 3. The summed E-state index contributed by atoms with van der Waals surface area (Å²) in [6, 6.07) is 3.56. The molecule has 2 aromatic heterocycles. The topological polar surface area (TPSA) is 71.9 Å². The summed E-state index contributed by atoms with van der Waals surface area (Å²) in [6.45, 7) is 0. The molecule has 0 spiro atoms. The van der Waals surface area contributed by atoms with Gasteiger partial charge in [0.1, 0.15) is 5.82 Å². The molecule has 170 valence electrons. The van der Waals surface area contributed by atoms with E-state index < -0.39 is 47.9 Å². The molecule has 2 bridgehead atoms. The largest absolute Gasteiger partial charge is 0.434 e. The minimum absolute atomic E-state index is 0.00551. The number of carbonyl (C=O) groups is 1. The number of hydrogen-bond acceptors (Lipinski definition) is 5. The van der Waals surface area contributed by atoms with E-state index in [0.29, 0.717) is 12.6 Å². The predicted molar refractivity (Wildman–Crippen MR) is 109 cm³/mol. The van der Waals surface area contributed by atoms with Gasteiger partial charge in [0, 0.05) is 34.8 Å². The van der Waals surface area contributed by atoms with E-state index in [2.05, 4.69) is 19.9 Å². The predicted octanol–water partition coefficient (Wildman–Crippen LogP) is 4.33. The van der Waals surface area contributed by atoms with Gasteiger partial charge in [-0.3, -0.25) is 9.78 Å². The van der Waals surface area contributed by atoms with Crippen LogP contribution in [0, 0.1) is 11.7 Å². The van der Waals surface area contributed by atoms with E-state index in [4.69, 9.17) is 4.11 Å². The van der Waals surface area contributed by atoms with Gasteiger partial charge >= 0.3 is 6.18 Å². The van der Waals surface area contributed by atoms with Gasteiger partial charge in [-0.25, -0.2) is 19.3 Å². The van der Waals surface area contributed by atoms with Gasteiger partial charge in [-0.05, 0) is 49.7 Å². The van der Waals surface area contributed by atoms with Crippen molar-refractivity contribution in [3.63, 3.8) is 0 Å². The number of halogens is 4. The Morgan fingerprint density at radius 1 is 1.12 bits per heavy atom. The minimum Gasteiger partial charge on any atom is -0.332 e. The lowest BCUT2D eigenvalue weighted by molar-refractivity contribution is -0.141. The van der Waals surface area contributed by atoms with Crippen molar-refractivity contribution in [2.75, 3.05) is 0 Å². The zero-order chi connectivity index (χ0) is 25.9. The molecule has 0 saturated carbocycles. The molecule has 10 heteroatoms. The Bertz CT molecular complexity index is 1310. The highest BCUT2D eigenvalue weighted by molar-refractivity contribution is 6.01. The average Bonchev–Trinajstić information content (AvgIpc) is 3.35. The van der Waals surface area contributed by atoms with Gasteiger partial charge in [-0.1, -0.05) is 6.07 Å².